The monoisotopic (exact) mass is 298 g/mol. The summed E-state index contributed by atoms with van der Waals surface area (Å²) in [6.07, 6.45) is 2.42. The minimum absolute atomic E-state index is 0.242. The zero-order chi connectivity index (χ0) is 15.2. The molecule has 0 fully saturated rings. The normalized spacial score (nSPS) is 13.6. The first-order valence-corrected chi connectivity index (χ1v) is 7.39. The average molecular weight is 298 g/mol. The average Bonchev–Trinajstić information content (AvgIpc) is 3.02. The van der Waals surface area contributed by atoms with Crippen molar-refractivity contribution in [3.8, 4) is 11.5 Å². The van der Waals surface area contributed by atoms with Crippen LogP contribution in [0.3, 0.4) is 0 Å². The number of carbonyl (C=O) groups excluding carboxylic acids is 1. The van der Waals surface area contributed by atoms with Crippen LogP contribution in [0.15, 0.2) is 48.5 Å². The van der Waals surface area contributed by atoms with Crippen LogP contribution in [0.5, 0.6) is 11.5 Å². The molecule has 4 nitrogen and oxygen atoms in total. The number of rotatable bonds is 7. The van der Waals surface area contributed by atoms with Crippen LogP contribution in [0.2, 0.25) is 0 Å². The molecule has 0 aromatic heterocycles. The van der Waals surface area contributed by atoms with E-state index >= 15 is 0 Å². The van der Waals surface area contributed by atoms with E-state index in [9.17, 15) is 4.79 Å². The van der Waals surface area contributed by atoms with Gasteiger partial charge in [0.05, 0.1) is 0 Å². The van der Waals surface area contributed by atoms with Crippen molar-refractivity contribution in [2.75, 3.05) is 6.79 Å². The molecule has 0 N–H and O–H groups in total. The molecule has 0 aliphatic carbocycles. The highest BCUT2D eigenvalue weighted by atomic mass is 16.7. The maximum Gasteiger partial charge on any atom is 0.293 e. The van der Waals surface area contributed by atoms with Gasteiger partial charge in [-0.25, -0.2) is 0 Å². The number of hydrogen-bond donors (Lipinski definition) is 0. The van der Waals surface area contributed by atoms with E-state index in [1.54, 1.807) is 0 Å². The Morgan fingerprint density at radius 1 is 1.09 bits per heavy atom. The van der Waals surface area contributed by atoms with E-state index in [1.807, 2.05) is 36.4 Å². The predicted molar refractivity (Wildman–Crippen MR) is 81.8 cm³/mol. The van der Waals surface area contributed by atoms with E-state index in [-0.39, 0.29) is 12.9 Å². The predicted octanol–water partition coefficient (Wildman–Crippen LogP) is 3.65. The Bertz CT molecular complexity index is 624. The van der Waals surface area contributed by atoms with Gasteiger partial charge in [0.15, 0.2) is 11.5 Å². The zero-order valence-corrected chi connectivity index (χ0v) is 12.2. The van der Waals surface area contributed by atoms with E-state index in [0.29, 0.717) is 12.2 Å². The van der Waals surface area contributed by atoms with Gasteiger partial charge in [-0.3, -0.25) is 4.79 Å². The van der Waals surface area contributed by atoms with Crippen LogP contribution in [0.1, 0.15) is 30.1 Å². The fourth-order valence-electron chi connectivity index (χ4n) is 2.63. The molecule has 2 aromatic rings. The number of hydrogen-bond acceptors (Lipinski definition) is 4. The molecule has 2 aromatic carbocycles. The van der Waals surface area contributed by atoms with E-state index in [4.69, 9.17) is 14.2 Å². The Kier molecular flexibility index (Phi) is 4.59. The summed E-state index contributed by atoms with van der Waals surface area (Å²) in [7, 11) is 0. The molecule has 22 heavy (non-hydrogen) atoms. The van der Waals surface area contributed by atoms with Crippen LogP contribution in [0.25, 0.3) is 0 Å². The van der Waals surface area contributed by atoms with E-state index < -0.39 is 0 Å². The van der Waals surface area contributed by atoms with Gasteiger partial charge < -0.3 is 14.2 Å². The molecule has 1 unspecified atom stereocenters. The van der Waals surface area contributed by atoms with Crippen LogP contribution in [-0.4, -0.2) is 13.3 Å². The van der Waals surface area contributed by atoms with Crippen molar-refractivity contribution in [2.24, 2.45) is 0 Å². The summed E-state index contributed by atoms with van der Waals surface area (Å²) in [5, 5.41) is 0. The number of carbonyl (C=O) groups is 1. The van der Waals surface area contributed by atoms with Gasteiger partial charge >= 0.3 is 0 Å². The maximum absolute atomic E-state index is 10.8. The second-order valence-electron chi connectivity index (χ2n) is 5.21. The van der Waals surface area contributed by atoms with Crippen molar-refractivity contribution in [3.05, 3.63) is 59.7 Å². The summed E-state index contributed by atoms with van der Waals surface area (Å²) in [6, 6.07) is 16.0. The van der Waals surface area contributed by atoms with Crippen LogP contribution < -0.4 is 9.47 Å². The summed E-state index contributed by atoms with van der Waals surface area (Å²) in [4.78, 5) is 10.8. The topological polar surface area (TPSA) is 44.8 Å². The van der Waals surface area contributed by atoms with Gasteiger partial charge in [0.2, 0.25) is 6.79 Å². The Balaban J connectivity index is 1.63. The quantitative estimate of drug-likeness (QED) is 0.732. The van der Waals surface area contributed by atoms with E-state index in [1.165, 1.54) is 5.56 Å². The van der Waals surface area contributed by atoms with Crippen molar-refractivity contribution >= 4 is 6.47 Å². The number of ether oxygens (including phenoxy) is 3. The molecule has 0 saturated heterocycles. The lowest BCUT2D eigenvalue weighted by Crippen LogP contribution is -2.04. The van der Waals surface area contributed by atoms with Gasteiger partial charge in [-0.2, -0.15) is 0 Å². The standard InChI is InChI=1S/C18H18O4/c19-12-20-16(8-4-7-14-5-2-1-3-6-14)15-9-10-17-18(11-15)22-13-21-17/h1-3,5-6,9-12,16H,4,7-8,13H2. The van der Waals surface area contributed by atoms with Gasteiger partial charge in [0.25, 0.3) is 6.47 Å². The highest BCUT2D eigenvalue weighted by Gasteiger charge is 2.18. The molecule has 0 saturated carbocycles. The molecule has 1 heterocycles. The Labute approximate surface area is 129 Å². The summed E-state index contributed by atoms with van der Waals surface area (Å²) < 4.78 is 15.9. The highest BCUT2D eigenvalue weighted by molar-refractivity contribution is 5.46. The highest BCUT2D eigenvalue weighted by Crippen LogP contribution is 2.36. The molecule has 4 heteroatoms. The molecule has 114 valence electrons. The van der Waals surface area contributed by atoms with Crippen LogP contribution >= 0.6 is 0 Å². The Morgan fingerprint density at radius 3 is 2.73 bits per heavy atom. The lowest BCUT2D eigenvalue weighted by atomic mass is 10.0. The molecule has 0 bridgehead atoms. The van der Waals surface area contributed by atoms with Gasteiger partial charge in [0.1, 0.15) is 6.10 Å². The molecule has 1 atom stereocenters. The maximum atomic E-state index is 10.8. The SMILES string of the molecule is O=COC(CCCc1ccccc1)c1ccc2c(c1)OCO2. The number of benzene rings is 2. The van der Waals surface area contributed by atoms with Crippen molar-refractivity contribution in [3.63, 3.8) is 0 Å². The van der Waals surface area contributed by atoms with E-state index in [2.05, 4.69) is 12.1 Å². The Hall–Kier alpha value is -2.49. The first-order chi connectivity index (χ1) is 10.9. The van der Waals surface area contributed by atoms with Gasteiger partial charge in [-0.05, 0) is 42.5 Å². The van der Waals surface area contributed by atoms with Crippen molar-refractivity contribution in [2.45, 2.75) is 25.4 Å². The van der Waals surface area contributed by atoms with Crippen molar-refractivity contribution in [1.82, 2.24) is 0 Å². The molecule has 1 aliphatic heterocycles. The number of fused-ring (bicyclic) bond motifs is 1. The third-order valence-corrected chi connectivity index (χ3v) is 3.76. The van der Waals surface area contributed by atoms with Gasteiger partial charge in [-0.1, -0.05) is 36.4 Å². The molecule has 1 aliphatic rings. The first-order valence-electron chi connectivity index (χ1n) is 7.39. The number of aryl methyl sites for hydroxylation is 1. The van der Waals surface area contributed by atoms with Crippen molar-refractivity contribution < 1.29 is 19.0 Å². The Morgan fingerprint density at radius 2 is 1.91 bits per heavy atom. The summed E-state index contributed by atoms with van der Waals surface area (Å²) >= 11 is 0. The van der Waals surface area contributed by atoms with Gasteiger partial charge in [0, 0.05) is 0 Å². The molecule has 0 spiro atoms. The second-order valence-corrected chi connectivity index (χ2v) is 5.21. The first kappa shape index (κ1) is 14.4. The smallest absolute Gasteiger partial charge is 0.293 e. The largest absolute Gasteiger partial charge is 0.460 e. The summed E-state index contributed by atoms with van der Waals surface area (Å²) in [5.41, 5.74) is 2.22. The molecule has 0 amide bonds. The van der Waals surface area contributed by atoms with Crippen LogP contribution in [-0.2, 0) is 16.0 Å². The lowest BCUT2D eigenvalue weighted by molar-refractivity contribution is -0.134. The van der Waals surface area contributed by atoms with Crippen LogP contribution in [0, 0.1) is 0 Å². The van der Waals surface area contributed by atoms with Crippen molar-refractivity contribution in [1.29, 1.82) is 0 Å². The van der Waals surface area contributed by atoms with Gasteiger partial charge in [-0.15, -0.1) is 0 Å². The minimum Gasteiger partial charge on any atom is -0.460 e. The fraction of sp³-hybridized carbons (Fsp3) is 0.278. The van der Waals surface area contributed by atoms with E-state index in [0.717, 1.165) is 30.6 Å². The summed E-state index contributed by atoms with van der Waals surface area (Å²) in [6.45, 7) is 0.754. The minimum atomic E-state index is -0.254. The second kappa shape index (κ2) is 6.98. The van der Waals surface area contributed by atoms with Crippen LogP contribution in [0.4, 0.5) is 0 Å². The fourth-order valence-corrected chi connectivity index (χ4v) is 2.63. The molecular weight excluding hydrogens is 280 g/mol. The zero-order valence-electron chi connectivity index (χ0n) is 12.2. The summed E-state index contributed by atoms with van der Waals surface area (Å²) in [5.74, 6) is 1.44. The lowest BCUT2D eigenvalue weighted by Gasteiger charge is -2.16. The molecular formula is C18H18O4. The third-order valence-electron chi connectivity index (χ3n) is 3.76. The molecule has 3 rings (SSSR count). The molecule has 0 radical (unpaired) electrons. The third kappa shape index (κ3) is 3.39.